The Balaban J connectivity index is 1.98. The topological polar surface area (TPSA) is 179 Å². The van der Waals surface area contributed by atoms with Crippen LogP contribution in [0.25, 0.3) is 0 Å². The zero-order valence-corrected chi connectivity index (χ0v) is 19.6. The number of carbonyl (C=O) groups excluding carboxylic acids is 3. The molecule has 1 aromatic heterocycles. The van der Waals surface area contributed by atoms with Crippen molar-refractivity contribution >= 4 is 35.5 Å². The highest BCUT2D eigenvalue weighted by Gasteiger charge is 2.27. The van der Waals surface area contributed by atoms with E-state index in [0.717, 1.165) is 5.56 Å². The van der Waals surface area contributed by atoms with Gasteiger partial charge in [-0.3, -0.25) is 14.4 Å². The number of nitrogens with one attached hydrogen (secondary N) is 4. The largest absolute Gasteiger partial charge is 0.480 e. The van der Waals surface area contributed by atoms with Crippen molar-refractivity contribution in [3.05, 3.63) is 54.1 Å². The molecule has 3 unspecified atom stereocenters. The summed E-state index contributed by atoms with van der Waals surface area (Å²) in [5.41, 5.74) is 7.32. The van der Waals surface area contributed by atoms with Crippen LogP contribution in [0.4, 0.5) is 0 Å². The lowest BCUT2D eigenvalue weighted by molar-refractivity contribution is -0.142. The minimum Gasteiger partial charge on any atom is -0.480 e. The smallest absolute Gasteiger partial charge is 0.326 e. The highest BCUT2D eigenvalue weighted by Crippen LogP contribution is 2.06. The van der Waals surface area contributed by atoms with Crippen LogP contribution < -0.4 is 21.7 Å². The van der Waals surface area contributed by atoms with E-state index in [2.05, 4.69) is 25.9 Å². The first-order valence-electron chi connectivity index (χ1n) is 10.7. The van der Waals surface area contributed by atoms with Gasteiger partial charge in [-0.1, -0.05) is 30.3 Å². The lowest BCUT2D eigenvalue weighted by Gasteiger charge is -2.22. The maximum atomic E-state index is 12.9. The first-order chi connectivity index (χ1) is 16.3. The van der Waals surface area contributed by atoms with Crippen LogP contribution >= 0.6 is 11.8 Å². The Hall–Kier alpha value is -3.38. The lowest BCUT2D eigenvalue weighted by atomic mass is 10.0. The minimum atomic E-state index is -1.15. The van der Waals surface area contributed by atoms with Gasteiger partial charge < -0.3 is 31.8 Å². The summed E-state index contributed by atoms with van der Waals surface area (Å²) in [4.78, 5) is 55.8. The van der Waals surface area contributed by atoms with Crippen molar-refractivity contribution in [3.8, 4) is 0 Å². The number of aliphatic carboxylic acids is 1. The fraction of sp³-hybridized carbons (Fsp3) is 0.409. The Morgan fingerprint density at radius 2 is 1.82 bits per heavy atom. The van der Waals surface area contributed by atoms with Crippen LogP contribution in [-0.4, -0.2) is 75.4 Å². The highest BCUT2D eigenvalue weighted by atomic mass is 32.2. The van der Waals surface area contributed by atoms with Gasteiger partial charge in [-0.2, -0.15) is 11.8 Å². The molecule has 12 heteroatoms. The number of benzene rings is 1. The van der Waals surface area contributed by atoms with Gasteiger partial charge in [0.1, 0.15) is 12.1 Å². The summed E-state index contributed by atoms with van der Waals surface area (Å²) in [6.45, 7) is -0.386. The van der Waals surface area contributed by atoms with Gasteiger partial charge in [-0.25, -0.2) is 9.78 Å². The van der Waals surface area contributed by atoms with Gasteiger partial charge in [0, 0.05) is 24.7 Å². The van der Waals surface area contributed by atoms with E-state index in [1.54, 1.807) is 30.5 Å². The van der Waals surface area contributed by atoms with Gasteiger partial charge in [0.05, 0.1) is 18.9 Å². The molecule has 34 heavy (non-hydrogen) atoms. The molecule has 3 amide bonds. The standard InChI is InChI=1S/C22H30N6O5S/c1-34-8-7-17(22(32)33)28-21(31)18(9-14-5-3-2-4-6-14)27-19(29)12-25-20(30)16(23)10-15-11-24-13-26-15/h2-6,11,13,16-18H,7-10,12,23H2,1H3,(H,24,26)(H,25,30)(H,27,29)(H,28,31)(H,32,33). The summed E-state index contributed by atoms with van der Waals surface area (Å²) in [6.07, 6.45) is 5.49. The van der Waals surface area contributed by atoms with E-state index in [1.807, 2.05) is 12.3 Å². The van der Waals surface area contributed by atoms with Crippen LogP contribution in [0.3, 0.4) is 0 Å². The highest BCUT2D eigenvalue weighted by molar-refractivity contribution is 7.98. The van der Waals surface area contributed by atoms with Crippen molar-refractivity contribution < 1.29 is 24.3 Å². The van der Waals surface area contributed by atoms with Crippen LogP contribution in [0.5, 0.6) is 0 Å². The van der Waals surface area contributed by atoms with Crippen LogP contribution in [-0.2, 0) is 32.0 Å². The first-order valence-corrected chi connectivity index (χ1v) is 12.1. The van der Waals surface area contributed by atoms with Gasteiger partial charge in [0.15, 0.2) is 0 Å². The third-order valence-electron chi connectivity index (χ3n) is 4.91. The Morgan fingerprint density at radius 3 is 2.44 bits per heavy atom. The number of amides is 3. The van der Waals surface area contributed by atoms with Gasteiger partial charge in [-0.05, 0) is 24.0 Å². The Morgan fingerprint density at radius 1 is 1.09 bits per heavy atom. The lowest BCUT2D eigenvalue weighted by Crippen LogP contribution is -2.54. The molecule has 0 radical (unpaired) electrons. The Bertz CT molecular complexity index is 941. The molecule has 1 heterocycles. The minimum absolute atomic E-state index is 0.153. The number of carbonyl (C=O) groups is 4. The third-order valence-corrected chi connectivity index (χ3v) is 5.56. The average molecular weight is 491 g/mol. The number of nitrogens with zero attached hydrogens (tertiary/aromatic N) is 1. The predicted molar refractivity (Wildman–Crippen MR) is 128 cm³/mol. The number of carboxylic acids is 1. The molecule has 184 valence electrons. The number of imidazole rings is 1. The summed E-state index contributed by atoms with van der Waals surface area (Å²) < 4.78 is 0. The van der Waals surface area contributed by atoms with E-state index in [4.69, 9.17) is 5.73 Å². The predicted octanol–water partition coefficient (Wildman–Crippen LogP) is -0.554. The second-order valence-electron chi connectivity index (χ2n) is 7.60. The molecular weight excluding hydrogens is 460 g/mol. The van der Waals surface area contributed by atoms with Crippen LogP contribution in [0, 0.1) is 0 Å². The Labute approximate surface area is 201 Å². The average Bonchev–Trinajstić information content (AvgIpc) is 3.33. The van der Waals surface area contributed by atoms with Crippen molar-refractivity contribution in [1.82, 2.24) is 25.9 Å². The molecule has 2 rings (SSSR count). The number of H-pyrrole nitrogens is 1. The monoisotopic (exact) mass is 490 g/mol. The summed E-state index contributed by atoms with van der Waals surface area (Å²) in [5.74, 6) is -2.35. The zero-order valence-electron chi connectivity index (χ0n) is 18.8. The van der Waals surface area contributed by atoms with E-state index < -0.39 is 41.8 Å². The number of hydrogen-bond donors (Lipinski definition) is 6. The van der Waals surface area contributed by atoms with Gasteiger partial charge in [-0.15, -0.1) is 0 Å². The van der Waals surface area contributed by atoms with E-state index in [-0.39, 0.29) is 25.8 Å². The van der Waals surface area contributed by atoms with Gasteiger partial charge in [0.25, 0.3) is 0 Å². The summed E-state index contributed by atoms with van der Waals surface area (Å²) >= 11 is 1.47. The zero-order chi connectivity index (χ0) is 24.9. The van der Waals surface area contributed by atoms with Crippen molar-refractivity contribution in [2.75, 3.05) is 18.6 Å². The number of hydrogen-bond acceptors (Lipinski definition) is 7. The molecule has 1 aromatic carbocycles. The molecule has 0 aliphatic heterocycles. The SMILES string of the molecule is CSCCC(NC(=O)C(Cc1ccccc1)NC(=O)CNC(=O)C(N)Cc1cnc[nH]1)C(=O)O. The van der Waals surface area contributed by atoms with Gasteiger partial charge >= 0.3 is 5.97 Å². The molecule has 0 aliphatic rings. The van der Waals surface area contributed by atoms with E-state index in [9.17, 15) is 24.3 Å². The first kappa shape index (κ1) is 26.9. The number of aromatic nitrogens is 2. The van der Waals surface area contributed by atoms with Crippen LogP contribution in [0.1, 0.15) is 17.7 Å². The van der Waals surface area contributed by atoms with Crippen molar-refractivity contribution in [3.63, 3.8) is 0 Å². The van der Waals surface area contributed by atoms with Crippen molar-refractivity contribution in [2.24, 2.45) is 5.73 Å². The van der Waals surface area contributed by atoms with E-state index >= 15 is 0 Å². The number of thioether (sulfide) groups is 1. The molecule has 11 nitrogen and oxygen atoms in total. The second-order valence-corrected chi connectivity index (χ2v) is 8.58. The van der Waals surface area contributed by atoms with Crippen molar-refractivity contribution in [1.29, 1.82) is 0 Å². The quantitative estimate of drug-likeness (QED) is 0.204. The maximum absolute atomic E-state index is 12.9. The number of nitrogens with two attached hydrogens (primary N) is 1. The molecule has 0 fully saturated rings. The van der Waals surface area contributed by atoms with Gasteiger partial charge in [0.2, 0.25) is 17.7 Å². The van der Waals surface area contributed by atoms with E-state index in [1.165, 1.54) is 18.1 Å². The third kappa shape index (κ3) is 9.24. The normalized spacial score (nSPS) is 13.4. The van der Waals surface area contributed by atoms with Crippen molar-refractivity contribution in [2.45, 2.75) is 37.4 Å². The number of aromatic amines is 1. The molecule has 3 atom stereocenters. The molecule has 0 saturated carbocycles. The molecule has 0 spiro atoms. The molecular formula is C22H30N6O5S. The summed E-state index contributed by atoms with van der Waals surface area (Å²) in [7, 11) is 0. The molecule has 0 aliphatic carbocycles. The molecule has 2 aromatic rings. The fourth-order valence-electron chi connectivity index (χ4n) is 3.09. The maximum Gasteiger partial charge on any atom is 0.326 e. The second kappa shape index (κ2) is 14.0. The molecule has 0 bridgehead atoms. The van der Waals surface area contributed by atoms with Crippen LogP contribution in [0.15, 0.2) is 42.9 Å². The van der Waals surface area contributed by atoms with Crippen LogP contribution in [0.2, 0.25) is 0 Å². The number of carboxylic acid groups (broad SMARTS) is 1. The molecule has 0 saturated heterocycles. The number of rotatable bonds is 14. The molecule has 7 N–H and O–H groups in total. The summed E-state index contributed by atoms with van der Waals surface area (Å²) in [5, 5.41) is 17.0. The Kier molecular flexibility index (Phi) is 11.1. The summed E-state index contributed by atoms with van der Waals surface area (Å²) in [6, 6.07) is 6.03. The fourth-order valence-corrected chi connectivity index (χ4v) is 3.57. The van der Waals surface area contributed by atoms with E-state index in [0.29, 0.717) is 11.4 Å².